The van der Waals surface area contributed by atoms with E-state index in [-0.39, 0.29) is 11.6 Å². The predicted molar refractivity (Wildman–Crippen MR) is 90.3 cm³/mol. The molecule has 1 aromatic rings. The Morgan fingerprint density at radius 3 is 2.81 bits per heavy atom. The van der Waals surface area contributed by atoms with Crippen LogP contribution in [0.2, 0.25) is 0 Å². The topological polar surface area (TPSA) is 35.2 Å². The molecule has 0 bridgehead atoms. The van der Waals surface area contributed by atoms with E-state index in [2.05, 4.69) is 41.1 Å². The Hall–Kier alpha value is -0.380. The zero-order valence-corrected chi connectivity index (χ0v) is 14.5. The normalized spacial score (nSPS) is 26.7. The van der Waals surface area contributed by atoms with Gasteiger partial charge in [-0.05, 0) is 50.2 Å². The molecule has 1 spiro atoms. The quantitative estimate of drug-likeness (QED) is 0.823. The maximum Gasteiger partial charge on any atom is 0.0685 e. The predicted octanol–water partition coefficient (Wildman–Crippen LogP) is 4.89. The number of rotatable bonds is 2. The van der Waals surface area contributed by atoms with Gasteiger partial charge in [0.25, 0.3) is 0 Å². The molecule has 1 aliphatic carbocycles. The zero-order chi connectivity index (χ0) is 14.9. The minimum atomic E-state index is 0.113. The maximum atomic E-state index is 6.64. The summed E-state index contributed by atoms with van der Waals surface area (Å²) in [6.07, 6.45) is 8.67. The molecule has 2 nitrogen and oxygen atoms in total. The van der Waals surface area contributed by atoms with Crippen molar-refractivity contribution in [3.8, 4) is 0 Å². The van der Waals surface area contributed by atoms with Crippen LogP contribution < -0.4 is 5.73 Å². The second kappa shape index (κ2) is 6.39. The second-order valence-corrected chi connectivity index (χ2v) is 7.75. The van der Waals surface area contributed by atoms with Gasteiger partial charge in [-0.2, -0.15) is 0 Å². The van der Waals surface area contributed by atoms with Crippen molar-refractivity contribution in [2.24, 2.45) is 11.7 Å². The first-order valence-electron chi connectivity index (χ1n) is 8.25. The number of hydrogen-bond donors (Lipinski definition) is 1. The van der Waals surface area contributed by atoms with Crippen LogP contribution in [0.25, 0.3) is 0 Å². The van der Waals surface area contributed by atoms with E-state index in [1.165, 1.54) is 43.2 Å². The molecule has 1 saturated carbocycles. The molecule has 21 heavy (non-hydrogen) atoms. The first kappa shape index (κ1) is 15.5. The molecule has 0 amide bonds. The van der Waals surface area contributed by atoms with Crippen molar-refractivity contribution < 1.29 is 4.74 Å². The lowest BCUT2D eigenvalue weighted by Gasteiger charge is -2.45. The first-order chi connectivity index (χ1) is 10.1. The highest BCUT2D eigenvalue weighted by atomic mass is 79.9. The van der Waals surface area contributed by atoms with Crippen LogP contribution in [0.3, 0.4) is 0 Å². The molecule has 116 valence electrons. The summed E-state index contributed by atoms with van der Waals surface area (Å²) in [6, 6.07) is 6.60. The summed E-state index contributed by atoms with van der Waals surface area (Å²) < 4.78 is 7.35. The van der Waals surface area contributed by atoms with Gasteiger partial charge in [-0.1, -0.05) is 52.9 Å². The van der Waals surface area contributed by atoms with Crippen LogP contribution in [0.15, 0.2) is 22.7 Å². The molecule has 1 aromatic carbocycles. The van der Waals surface area contributed by atoms with Gasteiger partial charge in [0.05, 0.1) is 5.60 Å². The van der Waals surface area contributed by atoms with Gasteiger partial charge in [-0.25, -0.2) is 0 Å². The fourth-order valence-corrected chi connectivity index (χ4v) is 4.60. The number of nitrogens with two attached hydrogens (primary N) is 1. The first-order valence-corrected chi connectivity index (χ1v) is 9.05. The van der Waals surface area contributed by atoms with Gasteiger partial charge in [0.2, 0.25) is 0 Å². The Morgan fingerprint density at radius 2 is 2.05 bits per heavy atom. The number of aryl methyl sites for hydroxylation is 1. The summed E-state index contributed by atoms with van der Waals surface area (Å²) >= 11 is 3.67. The van der Waals surface area contributed by atoms with Crippen LogP contribution in [-0.4, -0.2) is 12.2 Å². The molecule has 2 atom stereocenters. The highest BCUT2D eigenvalue weighted by Crippen LogP contribution is 2.44. The van der Waals surface area contributed by atoms with Crippen LogP contribution in [0.1, 0.15) is 62.1 Å². The molecule has 2 N–H and O–H groups in total. The van der Waals surface area contributed by atoms with Crippen molar-refractivity contribution >= 4 is 15.9 Å². The molecule has 2 unspecified atom stereocenters. The number of ether oxygens (including phenoxy) is 1. The minimum absolute atomic E-state index is 0.113. The van der Waals surface area contributed by atoms with Crippen molar-refractivity contribution in [3.05, 3.63) is 33.8 Å². The van der Waals surface area contributed by atoms with E-state index >= 15 is 0 Å². The smallest absolute Gasteiger partial charge is 0.0685 e. The average Bonchev–Trinajstić information content (AvgIpc) is 2.50. The Labute approximate surface area is 136 Å². The lowest BCUT2D eigenvalue weighted by molar-refractivity contribution is -0.120. The minimum Gasteiger partial charge on any atom is -0.375 e. The van der Waals surface area contributed by atoms with Crippen LogP contribution in [-0.2, 0) is 4.74 Å². The molecule has 1 heterocycles. The summed E-state index contributed by atoms with van der Waals surface area (Å²) in [4.78, 5) is 0. The van der Waals surface area contributed by atoms with E-state index in [4.69, 9.17) is 10.5 Å². The lowest BCUT2D eigenvalue weighted by atomic mass is 9.73. The van der Waals surface area contributed by atoms with Crippen molar-refractivity contribution in [3.63, 3.8) is 0 Å². The molecule has 2 aliphatic rings. The fraction of sp³-hybridized carbons (Fsp3) is 0.667. The summed E-state index contributed by atoms with van der Waals surface area (Å²) in [6.45, 7) is 3.01. The van der Waals surface area contributed by atoms with Gasteiger partial charge in [0.15, 0.2) is 0 Å². The van der Waals surface area contributed by atoms with Crippen LogP contribution in [0.4, 0.5) is 0 Å². The summed E-state index contributed by atoms with van der Waals surface area (Å²) in [5.41, 5.74) is 9.32. The van der Waals surface area contributed by atoms with E-state index in [0.717, 1.165) is 23.9 Å². The molecule has 3 heteroatoms. The summed E-state index contributed by atoms with van der Waals surface area (Å²) in [5, 5.41) is 0. The highest BCUT2D eigenvalue weighted by molar-refractivity contribution is 9.10. The van der Waals surface area contributed by atoms with Gasteiger partial charge >= 0.3 is 0 Å². The molecule has 2 fully saturated rings. The molecule has 0 aromatic heterocycles. The second-order valence-electron chi connectivity index (χ2n) is 6.90. The molecular weight excluding hydrogens is 326 g/mol. The summed E-state index contributed by atoms with van der Waals surface area (Å²) in [7, 11) is 0. The fourth-order valence-electron chi connectivity index (χ4n) is 4.09. The van der Waals surface area contributed by atoms with Crippen molar-refractivity contribution in [1.29, 1.82) is 0 Å². The molecule has 0 radical (unpaired) electrons. The highest BCUT2D eigenvalue weighted by Gasteiger charge is 2.40. The van der Waals surface area contributed by atoms with E-state index < -0.39 is 0 Å². The van der Waals surface area contributed by atoms with E-state index in [0.29, 0.717) is 5.92 Å². The van der Waals surface area contributed by atoms with Gasteiger partial charge in [-0.15, -0.1) is 0 Å². The van der Waals surface area contributed by atoms with E-state index in [9.17, 15) is 0 Å². The third-order valence-electron chi connectivity index (χ3n) is 5.31. The zero-order valence-electron chi connectivity index (χ0n) is 12.9. The number of halogens is 1. The molecule has 1 aliphatic heterocycles. The third kappa shape index (κ3) is 3.35. The van der Waals surface area contributed by atoms with Gasteiger partial charge in [-0.3, -0.25) is 0 Å². The van der Waals surface area contributed by atoms with Crippen LogP contribution in [0.5, 0.6) is 0 Å². The molecule has 3 rings (SSSR count). The van der Waals surface area contributed by atoms with Crippen LogP contribution >= 0.6 is 15.9 Å². The van der Waals surface area contributed by atoms with Crippen molar-refractivity contribution in [2.75, 3.05) is 6.61 Å². The van der Waals surface area contributed by atoms with Gasteiger partial charge in [0, 0.05) is 17.1 Å². The molecule has 1 saturated heterocycles. The molecular formula is C18H26BrNO. The maximum absolute atomic E-state index is 6.64. The number of hydrogen-bond acceptors (Lipinski definition) is 2. The lowest BCUT2D eigenvalue weighted by Crippen LogP contribution is -2.44. The Morgan fingerprint density at radius 1 is 1.29 bits per heavy atom. The van der Waals surface area contributed by atoms with E-state index in [1.807, 2.05) is 0 Å². The largest absolute Gasteiger partial charge is 0.375 e. The van der Waals surface area contributed by atoms with Gasteiger partial charge < -0.3 is 10.5 Å². The third-order valence-corrected chi connectivity index (χ3v) is 6.04. The van der Waals surface area contributed by atoms with Gasteiger partial charge in [0.1, 0.15) is 0 Å². The van der Waals surface area contributed by atoms with E-state index in [1.54, 1.807) is 0 Å². The average molecular weight is 352 g/mol. The standard InChI is InChI=1S/C18H26BrNO/c1-13-5-6-16(19)15(11-13)17(20)14-7-10-21-18(12-14)8-3-2-4-9-18/h5-6,11,14,17H,2-4,7-10,12,20H2,1H3. The SMILES string of the molecule is Cc1ccc(Br)c(C(N)C2CCOC3(CCCCC3)C2)c1. The van der Waals surface area contributed by atoms with Crippen molar-refractivity contribution in [2.45, 2.75) is 63.5 Å². The monoisotopic (exact) mass is 351 g/mol. The van der Waals surface area contributed by atoms with Crippen molar-refractivity contribution in [1.82, 2.24) is 0 Å². The Balaban J connectivity index is 1.77. The Kier molecular flexibility index (Phi) is 4.72. The number of benzene rings is 1. The van der Waals surface area contributed by atoms with Crippen LogP contribution in [0, 0.1) is 12.8 Å². The summed E-state index contributed by atoms with van der Waals surface area (Å²) in [5.74, 6) is 0.537. The Bertz CT molecular complexity index is 490.